The van der Waals surface area contributed by atoms with E-state index in [2.05, 4.69) is 27.8 Å². The Morgan fingerprint density at radius 3 is 2.78 bits per heavy atom. The van der Waals surface area contributed by atoms with Gasteiger partial charge in [0.1, 0.15) is 0 Å². The van der Waals surface area contributed by atoms with Gasteiger partial charge in [-0.25, -0.2) is 0 Å². The molecule has 1 aromatic carbocycles. The summed E-state index contributed by atoms with van der Waals surface area (Å²) >= 11 is 3.45. The number of hydrogen-bond acceptors (Lipinski definition) is 2. The van der Waals surface area contributed by atoms with Gasteiger partial charge in [-0.05, 0) is 49.9 Å². The lowest BCUT2D eigenvalue weighted by Gasteiger charge is -2.22. The summed E-state index contributed by atoms with van der Waals surface area (Å²) in [5.74, 6) is 0. The first kappa shape index (κ1) is 14.0. The van der Waals surface area contributed by atoms with Crippen LogP contribution in [0.2, 0.25) is 0 Å². The molecular formula is C15H22BrNO. The Kier molecular flexibility index (Phi) is 5.22. The van der Waals surface area contributed by atoms with E-state index >= 15 is 0 Å². The third kappa shape index (κ3) is 4.08. The molecule has 1 aromatic rings. The van der Waals surface area contributed by atoms with E-state index in [1.807, 2.05) is 24.3 Å². The highest BCUT2D eigenvalue weighted by Crippen LogP contribution is 2.28. The molecule has 18 heavy (non-hydrogen) atoms. The number of hydrogen-bond donors (Lipinski definition) is 1. The summed E-state index contributed by atoms with van der Waals surface area (Å²) in [7, 11) is 0. The van der Waals surface area contributed by atoms with Crippen LogP contribution in [0.4, 0.5) is 0 Å². The number of nitrogens with zero attached hydrogens (tertiary/aromatic N) is 1. The van der Waals surface area contributed by atoms with E-state index < -0.39 is 0 Å². The van der Waals surface area contributed by atoms with Crippen LogP contribution in [0.5, 0.6) is 0 Å². The van der Waals surface area contributed by atoms with Crippen LogP contribution in [0.3, 0.4) is 0 Å². The van der Waals surface area contributed by atoms with E-state index in [4.69, 9.17) is 0 Å². The standard InChI is InChI=1S/C15H22BrNO/c1-2-9-17(14-6-7-14)10-8-15(18)12-4-3-5-13(16)11-12/h3-5,11,14-15,18H,2,6-10H2,1H3. The van der Waals surface area contributed by atoms with Gasteiger partial charge in [0.15, 0.2) is 0 Å². The summed E-state index contributed by atoms with van der Waals surface area (Å²) in [6, 6.07) is 8.76. The summed E-state index contributed by atoms with van der Waals surface area (Å²) < 4.78 is 1.03. The van der Waals surface area contributed by atoms with E-state index in [1.165, 1.54) is 19.3 Å². The molecule has 100 valence electrons. The van der Waals surface area contributed by atoms with Crippen molar-refractivity contribution in [1.29, 1.82) is 0 Å². The first-order valence-corrected chi connectivity index (χ1v) is 7.67. The van der Waals surface area contributed by atoms with Gasteiger partial charge in [0.2, 0.25) is 0 Å². The lowest BCUT2D eigenvalue weighted by molar-refractivity contribution is 0.139. The highest BCUT2D eigenvalue weighted by atomic mass is 79.9. The topological polar surface area (TPSA) is 23.5 Å². The lowest BCUT2D eigenvalue weighted by Crippen LogP contribution is -2.29. The van der Waals surface area contributed by atoms with Gasteiger partial charge in [-0.15, -0.1) is 0 Å². The molecule has 1 aliphatic carbocycles. The lowest BCUT2D eigenvalue weighted by atomic mass is 10.1. The first-order chi connectivity index (χ1) is 8.70. The molecule has 2 rings (SSSR count). The third-order valence-corrected chi connectivity index (χ3v) is 3.99. The predicted molar refractivity (Wildman–Crippen MR) is 78.6 cm³/mol. The van der Waals surface area contributed by atoms with Crippen LogP contribution in [0.25, 0.3) is 0 Å². The van der Waals surface area contributed by atoms with Gasteiger partial charge in [0, 0.05) is 17.1 Å². The monoisotopic (exact) mass is 311 g/mol. The first-order valence-electron chi connectivity index (χ1n) is 6.88. The minimum absolute atomic E-state index is 0.347. The summed E-state index contributed by atoms with van der Waals surface area (Å²) in [4.78, 5) is 2.53. The van der Waals surface area contributed by atoms with Crippen LogP contribution < -0.4 is 0 Å². The molecule has 2 nitrogen and oxygen atoms in total. The molecule has 1 atom stereocenters. The number of aliphatic hydroxyl groups is 1. The Bertz CT molecular complexity index is 379. The minimum Gasteiger partial charge on any atom is -0.388 e. The second-order valence-electron chi connectivity index (χ2n) is 5.13. The quantitative estimate of drug-likeness (QED) is 0.829. The van der Waals surface area contributed by atoms with E-state index in [1.54, 1.807) is 0 Å². The van der Waals surface area contributed by atoms with E-state index in [-0.39, 0.29) is 6.10 Å². The van der Waals surface area contributed by atoms with Gasteiger partial charge in [-0.2, -0.15) is 0 Å². The second kappa shape index (κ2) is 6.69. The van der Waals surface area contributed by atoms with Crippen molar-refractivity contribution >= 4 is 15.9 Å². The van der Waals surface area contributed by atoms with Gasteiger partial charge in [-0.3, -0.25) is 0 Å². The highest BCUT2D eigenvalue weighted by molar-refractivity contribution is 9.10. The fourth-order valence-electron chi connectivity index (χ4n) is 2.37. The van der Waals surface area contributed by atoms with Gasteiger partial charge in [0.25, 0.3) is 0 Å². The fraction of sp³-hybridized carbons (Fsp3) is 0.600. The molecule has 3 heteroatoms. The van der Waals surface area contributed by atoms with Crippen molar-refractivity contribution in [3.63, 3.8) is 0 Å². The summed E-state index contributed by atoms with van der Waals surface area (Å²) in [5, 5.41) is 10.2. The molecule has 1 saturated carbocycles. The zero-order valence-electron chi connectivity index (χ0n) is 11.0. The molecule has 0 saturated heterocycles. The molecule has 0 bridgehead atoms. The van der Waals surface area contributed by atoms with Crippen LogP contribution in [-0.4, -0.2) is 29.1 Å². The average molecular weight is 312 g/mol. The second-order valence-corrected chi connectivity index (χ2v) is 6.04. The molecule has 1 unspecified atom stereocenters. The third-order valence-electron chi connectivity index (χ3n) is 3.50. The number of rotatable bonds is 7. The molecule has 1 aliphatic rings. The van der Waals surface area contributed by atoms with E-state index in [0.717, 1.165) is 35.6 Å². The summed E-state index contributed by atoms with van der Waals surface area (Å²) in [5.41, 5.74) is 1.01. The molecule has 0 amide bonds. The number of halogens is 1. The normalized spacial score (nSPS) is 17.1. The van der Waals surface area contributed by atoms with Crippen LogP contribution >= 0.6 is 15.9 Å². The zero-order chi connectivity index (χ0) is 13.0. The smallest absolute Gasteiger partial charge is 0.0802 e. The Balaban J connectivity index is 1.84. The SMILES string of the molecule is CCCN(CCC(O)c1cccc(Br)c1)C1CC1. The molecule has 0 aromatic heterocycles. The number of aliphatic hydroxyl groups excluding tert-OH is 1. The molecular weight excluding hydrogens is 290 g/mol. The van der Waals surface area contributed by atoms with Gasteiger partial charge in [0.05, 0.1) is 6.10 Å². The largest absolute Gasteiger partial charge is 0.388 e. The van der Waals surface area contributed by atoms with E-state index in [0.29, 0.717) is 0 Å². The zero-order valence-corrected chi connectivity index (χ0v) is 12.6. The van der Waals surface area contributed by atoms with Crippen LogP contribution in [0, 0.1) is 0 Å². The van der Waals surface area contributed by atoms with E-state index in [9.17, 15) is 5.11 Å². The van der Waals surface area contributed by atoms with Crippen LogP contribution in [0.1, 0.15) is 44.3 Å². The van der Waals surface area contributed by atoms with Crippen molar-refractivity contribution in [2.24, 2.45) is 0 Å². The van der Waals surface area contributed by atoms with Crippen LogP contribution in [-0.2, 0) is 0 Å². The van der Waals surface area contributed by atoms with Crippen molar-refractivity contribution in [1.82, 2.24) is 4.90 Å². The van der Waals surface area contributed by atoms with Crippen molar-refractivity contribution in [3.05, 3.63) is 34.3 Å². The summed E-state index contributed by atoms with van der Waals surface area (Å²) in [6.07, 6.45) is 4.36. The predicted octanol–water partition coefficient (Wildman–Crippen LogP) is 3.75. The molecule has 1 fully saturated rings. The minimum atomic E-state index is -0.347. The van der Waals surface area contributed by atoms with Gasteiger partial charge in [-0.1, -0.05) is 35.0 Å². The van der Waals surface area contributed by atoms with Crippen molar-refractivity contribution in [2.75, 3.05) is 13.1 Å². The van der Waals surface area contributed by atoms with Gasteiger partial charge < -0.3 is 10.0 Å². The average Bonchev–Trinajstić information content (AvgIpc) is 3.18. The Hall–Kier alpha value is -0.380. The fourth-order valence-corrected chi connectivity index (χ4v) is 2.79. The molecule has 0 aliphatic heterocycles. The summed E-state index contributed by atoms with van der Waals surface area (Å²) in [6.45, 7) is 4.39. The maximum atomic E-state index is 10.2. The molecule has 0 heterocycles. The Morgan fingerprint density at radius 1 is 1.39 bits per heavy atom. The number of benzene rings is 1. The molecule has 0 spiro atoms. The molecule has 0 radical (unpaired) electrons. The maximum absolute atomic E-state index is 10.2. The van der Waals surface area contributed by atoms with Gasteiger partial charge >= 0.3 is 0 Å². The Morgan fingerprint density at radius 2 is 2.17 bits per heavy atom. The van der Waals surface area contributed by atoms with Crippen molar-refractivity contribution in [2.45, 2.75) is 44.8 Å². The van der Waals surface area contributed by atoms with Crippen molar-refractivity contribution in [3.8, 4) is 0 Å². The Labute approximate surface area is 118 Å². The molecule has 1 N–H and O–H groups in total. The highest BCUT2D eigenvalue weighted by Gasteiger charge is 2.28. The maximum Gasteiger partial charge on any atom is 0.0802 e. The van der Waals surface area contributed by atoms with Crippen molar-refractivity contribution < 1.29 is 5.11 Å². The van der Waals surface area contributed by atoms with Crippen LogP contribution in [0.15, 0.2) is 28.7 Å².